The van der Waals surface area contributed by atoms with Gasteiger partial charge in [-0.15, -0.1) is 21.5 Å². The van der Waals surface area contributed by atoms with Crippen LogP contribution in [0.3, 0.4) is 0 Å². The smallest absolute Gasteiger partial charge is 0.341 e. The van der Waals surface area contributed by atoms with E-state index in [0.29, 0.717) is 21.5 Å². The van der Waals surface area contributed by atoms with Gasteiger partial charge in [0.15, 0.2) is 17.1 Å². The second-order valence-electron chi connectivity index (χ2n) is 10.9. The summed E-state index contributed by atoms with van der Waals surface area (Å²) in [5.74, 6) is 0.733. The first-order valence-corrected chi connectivity index (χ1v) is 15.1. The fraction of sp³-hybridized carbons (Fsp3) is 0.355. The zero-order valence-electron chi connectivity index (χ0n) is 24.7. The molecule has 2 aromatic heterocycles. The van der Waals surface area contributed by atoms with Crippen LogP contribution in [0.5, 0.6) is 5.75 Å². The van der Waals surface area contributed by atoms with E-state index in [1.807, 2.05) is 68.1 Å². The van der Waals surface area contributed by atoms with Gasteiger partial charge in [0.25, 0.3) is 0 Å². The van der Waals surface area contributed by atoms with Crippen molar-refractivity contribution in [1.29, 1.82) is 0 Å². The van der Waals surface area contributed by atoms with Crippen molar-refractivity contribution in [2.75, 3.05) is 18.2 Å². The molecule has 2 heterocycles. The van der Waals surface area contributed by atoms with Crippen molar-refractivity contribution in [2.24, 2.45) is 7.05 Å². The van der Waals surface area contributed by atoms with Gasteiger partial charge in [0.05, 0.1) is 12.9 Å². The summed E-state index contributed by atoms with van der Waals surface area (Å²) in [5.41, 5.74) is 5.44. The van der Waals surface area contributed by atoms with Crippen LogP contribution >= 0.6 is 23.1 Å². The number of benzene rings is 2. The van der Waals surface area contributed by atoms with Crippen LogP contribution in [0.25, 0.3) is 11.1 Å². The van der Waals surface area contributed by atoms with Crippen molar-refractivity contribution in [3.8, 4) is 16.9 Å². The van der Waals surface area contributed by atoms with Gasteiger partial charge in [-0.2, -0.15) is 0 Å². The number of aromatic nitrogens is 3. The molecule has 1 amide bonds. The molecule has 0 radical (unpaired) electrons. The Morgan fingerprint density at radius 3 is 2.44 bits per heavy atom. The highest BCUT2D eigenvalue weighted by Crippen LogP contribution is 2.38. The summed E-state index contributed by atoms with van der Waals surface area (Å²) in [7, 11) is 3.19. The van der Waals surface area contributed by atoms with Crippen LogP contribution in [-0.2, 0) is 22.0 Å². The van der Waals surface area contributed by atoms with Gasteiger partial charge in [0, 0.05) is 18.0 Å². The van der Waals surface area contributed by atoms with Crippen LogP contribution in [0.15, 0.2) is 53.0 Å². The maximum atomic E-state index is 12.9. The van der Waals surface area contributed by atoms with E-state index in [1.165, 1.54) is 35.8 Å². The molecule has 0 bridgehead atoms. The first kappa shape index (κ1) is 30.3. The monoisotopic (exact) mass is 592 g/mol. The number of anilines is 1. The Balaban J connectivity index is 1.42. The van der Waals surface area contributed by atoms with Crippen molar-refractivity contribution >= 4 is 40.0 Å². The number of nitrogens with one attached hydrogen (secondary N) is 1. The highest BCUT2D eigenvalue weighted by molar-refractivity contribution is 7.99. The maximum absolute atomic E-state index is 12.9. The minimum absolute atomic E-state index is 0.0683. The lowest BCUT2D eigenvalue weighted by Crippen LogP contribution is -2.16. The number of carbonyl (C=O) groups excluding carboxylic acids is 2. The van der Waals surface area contributed by atoms with E-state index >= 15 is 0 Å². The molecule has 41 heavy (non-hydrogen) atoms. The third-order valence-corrected chi connectivity index (χ3v) is 8.63. The number of amides is 1. The Morgan fingerprint density at radius 1 is 1.07 bits per heavy atom. The Morgan fingerprint density at radius 2 is 1.78 bits per heavy atom. The summed E-state index contributed by atoms with van der Waals surface area (Å²) in [6, 6.07) is 14.1. The highest BCUT2D eigenvalue weighted by atomic mass is 32.2. The topological polar surface area (TPSA) is 95.3 Å². The van der Waals surface area contributed by atoms with Crippen molar-refractivity contribution in [3.63, 3.8) is 0 Å². The molecule has 0 aliphatic carbocycles. The SMILES string of the molecule is COC(=O)c1c(-c2cc(C)ccc2C)csc1NC(=O)CSc1nnc(C(C)Oc2ccc(C(C)(C)C)cc2)n1C. The number of esters is 1. The molecule has 4 aromatic rings. The lowest BCUT2D eigenvalue weighted by Gasteiger charge is -2.20. The van der Waals surface area contributed by atoms with Gasteiger partial charge < -0.3 is 19.4 Å². The van der Waals surface area contributed by atoms with E-state index < -0.39 is 5.97 Å². The van der Waals surface area contributed by atoms with E-state index in [4.69, 9.17) is 9.47 Å². The molecule has 8 nitrogen and oxygen atoms in total. The number of carbonyl (C=O) groups is 2. The summed E-state index contributed by atoms with van der Waals surface area (Å²) < 4.78 is 13.0. The quantitative estimate of drug-likeness (QED) is 0.163. The first-order chi connectivity index (χ1) is 19.4. The van der Waals surface area contributed by atoms with Gasteiger partial charge >= 0.3 is 5.97 Å². The Bertz CT molecular complexity index is 1550. The predicted octanol–water partition coefficient (Wildman–Crippen LogP) is 7.12. The van der Waals surface area contributed by atoms with Gasteiger partial charge in [0.2, 0.25) is 5.91 Å². The largest absolute Gasteiger partial charge is 0.483 e. The summed E-state index contributed by atoms with van der Waals surface area (Å²) >= 11 is 2.56. The maximum Gasteiger partial charge on any atom is 0.341 e. The molecule has 216 valence electrons. The fourth-order valence-electron chi connectivity index (χ4n) is 4.37. The standard InChI is InChI=1S/C31H36N4O4S2/c1-18-9-10-19(2)23(15-18)24-16-40-28(26(24)29(37)38-8)32-25(36)17-41-30-34-33-27(35(30)7)20(3)39-22-13-11-21(12-14-22)31(4,5)6/h9-16,20H,17H2,1-8H3,(H,32,36). The van der Waals surface area contributed by atoms with Crippen LogP contribution in [0, 0.1) is 13.8 Å². The molecular formula is C31H36N4O4S2. The Labute approximate surface area is 249 Å². The number of thiophene rings is 1. The molecule has 0 aliphatic heterocycles. The summed E-state index contributed by atoms with van der Waals surface area (Å²) in [4.78, 5) is 25.7. The molecule has 0 saturated heterocycles. The summed E-state index contributed by atoms with van der Waals surface area (Å²) in [5, 5.41) is 14.4. The van der Waals surface area contributed by atoms with Crippen LogP contribution in [0.2, 0.25) is 0 Å². The van der Waals surface area contributed by atoms with Crippen molar-refractivity contribution < 1.29 is 19.1 Å². The van der Waals surface area contributed by atoms with Crippen LogP contribution in [-0.4, -0.2) is 39.5 Å². The molecule has 1 N–H and O–H groups in total. The van der Waals surface area contributed by atoms with Crippen molar-refractivity contribution in [3.05, 3.63) is 75.9 Å². The minimum atomic E-state index is -0.495. The average Bonchev–Trinajstić information content (AvgIpc) is 3.51. The summed E-state index contributed by atoms with van der Waals surface area (Å²) in [6.07, 6.45) is -0.339. The number of hydrogen-bond donors (Lipinski definition) is 1. The average molecular weight is 593 g/mol. The van der Waals surface area contributed by atoms with Gasteiger partial charge in [-0.3, -0.25) is 4.79 Å². The van der Waals surface area contributed by atoms with Crippen molar-refractivity contribution in [2.45, 2.75) is 58.2 Å². The number of hydrogen-bond acceptors (Lipinski definition) is 8. The molecule has 10 heteroatoms. The number of methoxy groups -OCH3 is 1. The lowest BCUT2D eigenvalue weighted by atomic mass is 9.87. The summed E-state index contributed by atoms with van der Waals surface area (Å²) in [6.45, 7) is 12.4. The Kier molecular flexibility index (Phi) is 9.24. The second-order valence-corrected chi connectivity index (χ2v) is 12.8. The van der Waals surface area contributed by atoms with Crippen LogP contribution in [0.1, 0.15) is 66.7 Å². The van der Waals surface area contributed by atoms with Gasteiger partial charge in [-0.25, -0.2) is 4.79 Å². The van der Waals surface area contributed by atoms with E-state index in [1.54, 1.807) is 0 Å². The fourth-order valence-corrected chi connectivity index (χ4v) is 6.05. The van der Waals surface area contributed by atoms with Crippen LogP contribution < -0.4 is 10.1 Å². The number of ether oxygens (including phenoxy) is 2. The molecular weight excluding hydrogens is 556 g/mol. The number of aryl methyl sites for hydroxylation is 2. The normalized spacial score (nSPS) is 12.2. The van der Waals surface area contributed by atoms with Crippen LogP contribution in [0.4, 0.5) is 5.00 Å². The third kappa shape index (κ3) is 7.00. The first-order valence-electron chi connectivity index (χ1n) is 13.3. The van der Waals surface area contributed by atoms with E-state index in [0.717, 1.165) is 28.0 Å². The molecule has 0 spiro atoms. The third-order valence-electron chi connectivity index (χ3n) is 6.71. The molecule has 2 aromatic carbocycles. The van der Waals surface area contributed by atoms with Gasteiger partial charge in [0.1, 0.15) is 16.3 Å². The van der Waals surface area contributed by atoms with E-state index in [-0.39, 0.29) is 23.2 Å². The molecule has 0 saturated carbocycles. The van der Waals surface area contributed by atoms with Gasteiger partial charge in [-0.05, 0) is 55.0 Å². The zero-order chi connectivity index (χ0) is 29.9. The zero-order valence-corrected chi connectivity index (χ0v) is 26.3. The van der Waals surface area contributed by atoms with E-state index in [9.17, 15) is 9.59 Å². The molecule has 1 unspecified atom stereocenters. The lowest BCUT2D eigenvalue weighted by molar-refractivity contribution is -0.113. The molecule has 4 rings (SSSR count). The minimum Gasteiger partial charge on any atom is -0.483 e. The molecule has 1 atom stereocenters. The molecule has 0 aliphatic rings. The predicted molar refractivity (Wildman–Crippen MR) is 165 cm³/mol. The van der Waals surface area contributed by atoms with Crippen molar-refractivity contribution in [1.82, 2.24) is 14.8 Å². The number of rotatable bonds is 9. The number of nitrogens with zero attached hydrogens (tertiary/aromatic N) is 3. The number of thioether (sulfide) groups is 1. The second kappa shape index (κ2) is 12.5. The molecule has 0 fully saturated rings. The van der Waals surface area contributed by atoms with Gasteiger partial charge in [-0.1, -0.05) is 68.4 Å². The highest BCUT2D eigenvalue weighted by Gasteiger charge is 2.24. The van der Waals surface area contributed by atoms with E-state index in [2.05, 4.69) is 48.4 Å². The Hall–Kier alpha value is -3.63.